The molecule has 2 saturated heterocycles. The lowest BCUT2D eigenvalue weighted by Crippen LogP contribution is -2.45. The fourth-order valence-electron chi connectivity index (χ4n) is 4.01. The van der Waals surface area contributed by atoms with Crippen molar-refractivity contribution in [3.63, 3.8) is 0 Å². The summed E-state index contributed by atoms with van der Waals surface area (Å²) in [6.45, 7) is 8.22. The molecule has 28 heavy (non-hydrogen) atoms. The van der Waals surface area contributed by atoms with Gasteiger partial charge >= 0.3 is 0 Å². The molecule has 0 unspecified atom stereocenters. The second-order valence-electron chi connectivity index (χ2n) is 7.88. The first-order valence-electron chi connectivity index (χ1n) is 10.2. The molecule has 0 bridgehead atoms. The quantitative estimate of drug-likeness (QED) is 0.815. The Labute approximate surface area is 166 Å². The molecule has 0 amide bonds. The summed E-state index contributed by atoms with van der Waals surface area (Å²) in [7, 11) is 0. The number of rotatable bonds is 6. The van der Waals surface area contributed by atoms with Crippen LogP contribution in [0.1, 0.15) is 26.7 Å². The fraction of sp³-hybridized carbons (Fsp3) is 0.650. The molecule has 1 N–H and O–H groups in total. The Morgan fingerprint density at radius 1 is 1.25 bits per heavy atom. The van der Waals surface area contributed by atoms with Crippen molar-refractivity contribution in [1.29, 1.82) is 0 Å². The summed E-state index contributed by atoms with van der Waals surface area (Å²) in [5.41, 5.74) is 0. The summed E-state index contributed by atoms with van der Waals surface area (Å²) in [6.07, 6.45) is 8.05. The van der Waals surface area contributed by atoms with Crippen molar-refractivity contribution in [3.05, 3.63) is 30.7 Å². The van der Waals surface area contributed by atoms with Crippen molar-refractivity contribution < 1.29 is 9.47 Å². The van der Waals surface area contributed by atoms with E-state index in [0.29, 0.717) is 12.5 Å². The van der Waals surface area contributed by atoms with Crippen LogP contribution in [0.4, 0.5) is 11.8 Å². The molecule has 0 aromatic carbocycles. The molecule has 2 aliphatic heterocycles. The number of anilines is 2. The summed E-state index contributed by atoms with van der Waals surface area (Å²) in [5, 5.41) is 7.86. The zero-order valence-corrected chi connectivity index (χ0v) is 16.7. The fourth-order valence-corrected chi connectivity index (χ4v) is 4.01. The van der Waals surface area contributed by atoms with Gasteiger partial charge in [0.1, 0.15) is 5.82 Å². The van der Waals surface area contributed by atoms with Gasteiger partial charge < -0.3 is 19.7 Å². The highest BCUT2D eigenvalue weighted by Gasteiger charge is 2.29. The summed E-state index contributed by atoms with van der Waals surface area (Å²) < 4.78 is 13.8. The Balaban J connectivity index is 1.41. The van der Waals surface area contributed by atoms with E-state index >= 15 is 0 Å². The van der Waals surface area contributed by atoms with Gasteiger partial charge in [-0.05, 0) is 30.9 Å². The molecule has 2 aromatic heterocycles. The van der Waals surface area contributed by atoms with Crippen molar-refractivity contribution in [3.8, 4) is 0 Å². The summed E-state index contributed by atoms with van der Waals surface area (Å²) in [6, 6.07) is 4.16. The van der Waals surface area contributed by atoms with E-state index in [4.69, 9.17) is 14.5 Å². The first-order chi connectivity index (χ1) is 13.7. The van der Waals surface area contributed by atoms with Crippen LogP contribution in [-0.2, 0) is 16.0 Å². The molecule has 0 radical (unpaired) electrons. The third-order valence-corrected chi connectivity index (χ3v) is 5.37. The zero-order valence-electron chi connectivity index (χ0n) is 16.7. The van der Waals surface area contributed by atoms with Crippen LogP contribution in [0.5, 0.6) is 0 Å². The maximum atomic E-state index is 5.99. The molecule has 2 aliphatic rings. The summed E-state index contributed by atoms with van der Waals surface area (Å²) in [4.78, 5) is 11.5. The standard InChI is InChI=1S/C20H30N6O2/c1-15(2)19-17(5-3-11-28-19)23-18-6-8-21-20(24-18)25-10-12-27-16(13-25)14-26-9-4-7-22-26/h4,6-9,15-17,19H,3,5,10-14H2,1-2H3,(H,21,23,24)/t16-,17-,19+/m1/s1. The predicted molar refractivity (Wildman–Crippen MR) is 107 cm³/mol. The minimum atomic E-state index is 0.0749. The van der Waals surface area contributed by atoms with E-state index in [-0.39, 0.29) is 18.2 Å². The molecule has 4 rings (SSSR count). The van der Waals surface area contributed by atoms with Crippen LogP contribution in [0.25, 0.3) is 0 Å². The Hall–Kier alpha value is -2.19. The van der Waals surface area contributed by atoms with Crippen LogP contribution in [0.2, 0.25) is 0 Å². The van der Waals surface area contributed by atoms with Gasteiger partial charge in [-0.25, -0.2) is 4.98 Å². The van der Waals surface area contributed by atoms with Crippen molar-refractivity contribution >= 4 is 11.8 Å². The van der Waals surface area contributed by atoms with Crippen LogP contribution < -0.4 is 10.2 Å². The lowest BCUT2D eigenvalue weighted by atomic mass is 9.94. The Bertz CT molecular complexity index is 738. The van der Waals surface area contributed by atoms with Gasteiger partial charge in [-0.1, -0.05) is 13.8 Å². The van der Waals surface area contributed by atoms with Crippen molar-refractivity contribution in [1.82, 2.24) is 19.7 Å². The van der Waals surface area contributed by atoms with Gasteiger partial charge in [0.25, 0.3) is 0 Å². The molecule has 4 heterocycles. The van der Waals surface area contributed by atoms with E-state index in [9.17, 15) is 0 Å². The average molecular weight is 387 g/mol. The second kappa shape index (κ2) is 8.87. The summed E-state index contributed by atoms with van der Waals surface area (Å²) >= 11 is 0. The molecule has 3 atom stereocenters. The molecular formula is C20H30N6O2. The highest BCUT2D eigenvalue weighted by molar-refractivity contribution is 5.42. The van der Waals surface area contributed by atoms with Gasteiger partial charge in [0.2, 0.25) is 5.95 Å². The predicted octanol–water partition coefficient (Wildman–Crippen LogP) is 2.19. The Morgan fingerprint density at radius 3 is 3.00 bits per heavy atom. The van der Waals surface area contributed by atoms with Gasteiger partial charge in [0.05, 0.1) is 31.4 Å². The highest BCUT2D eigenvalue weighted by Crippen LogP contribution is 2.24. The minimum absolute atomic E-state index is 0.0749. The molecule has 0 aliphatic carbocycles. The number of ether oxygens (including phenoxy) is 2. The van der Waals surface area contributed by atoms with Crippen molar-refractivity contribution in [2.24, 2.45) is 5.92 Å². The number of aromatic nitrogens is 4. The molecule has 0 spiro atoms. The van der Waals surface area contributed by atoms with Crippen molar-refractivity contribution in [2.75, 3.05) is 36.5 Å². The lowest BCUT2D eigenvalue weighted by molar-refractivity contribution is -0.0203. The van der Waals surface area contributed by atoms with Crippen LogP contribution in [-0.4, -0.2) is 64.3 Å². The van der Waals surface area contributed by atoms with E-state index in [0.717, 1.165) is 50.8 Å². The normalized spacial score (nSPS) is 25.8. The third kappa shape index (κ3) is 4.62. The largest absolute Gasteiger partial charge is 0.376 e. The van der Waals surface area contributed by atoms with Gasteiger partial charge in [-0.2, -0.15) is 10.1 Å². The summed E-state index contributed by atoms with van der Waals surface area (Å²) in [5.74, 6) is 2.08. The average Bonchev–Trinajstić information content (AvgIpc) is 3.22. The van der Waals surface area contributed by atoms with E-state index in [1.54, 1.807) is 6.20 Å². The smallest absolute Gasteiger partial charge is 0.227 e. The molecule has 2 fully saturated rings. The topological polar surface area (TPSA) is 77.3 Å². The molecule has 0 saturated carbocycles. The van der Waals surface area contributed by atoms with Crippen LogP contribution in [0, 0.1) is 5.92 Å². The lowest BCUT2D eigenvalue weighted by Gasteiger charge is -2.35. The maximum Gasteiger partial charge on any atom is 0.227 e. The third-order valence-electron chi connectivity index (χ3n) is 5.37. The van der Waals surface area contributed by atoms with Gasteiger partial charge in [-0.15, -0.1) is 0 Å². The number of nitrogens with zero attached hydrogens (tertiary/aromatic N) is 5. The highest BCUT2D eigenvalue weighted by atomic mass is 16.5. The van der Waals surface area contributed by atoms with Gasteiger partial charge in [0, 0.05) is 38.3 Å². The number of nitrogens with one attached hydrogen (secondary N) is 1. The molecule has 2 aromatic rings. The Morgan fingerprint density at radius 2 is 2.18 bits per heavy atom. The minimum Gasteiger partial charge on any atom is -0.376 e. The molecule has 152 valence electrons. The van der Waals surface area contributed by atoms with Gasteiger partial charge in [-0.3, -0.25) is 4.68 Å². The molecule has 8 nitrogen and oxygen atoms in total. The number of hydrogen-bond acceptors (Lipinski definition) is 7. The van der Waals surface area contributed by atoms with Crippen molar-refractivity contribution in [2.45, 2.75) is 51.5 Å². The number of morpholine rings is 1. The second-order valence-corrected chi connectivity index (χ2v) is 7.88. The van der Waals surface area contributed by atoms with E-state index in [1.807, 2.05) is 29.2 Å². The van der Waals surface area contributed by atoms with E-state index in [1.165, 1.54) is 0 Å². The number of hydrogen-bond donors (Lipinski definition) is 1. The molecule has 8 heteroatoms. The van der Waals surface area contributed by atoms with Gasteiger partial charge in [0.15, 0.2) is 0 Å². The van der Waals surface area contributed by atoms with E-state index in [2.05, 4.69) is 34.1 Å². The van der Waals surface area contributed by atoms with Crippen LogP contribution in [0.15, 0.2) is 30.7 Å². The van der Waals surface area contributed by atoms with Crippen LogP contribution >= 0.6 is 0 Å². The first kappa shape index (κ1) is 19.1. The van der Waals surface area contributed by atoms with E-state index < -0.39 is 0 Å². The molecular weight excluding hydrogens is 356 g/mol. The Kier molecular flexibility index (Phi) is 6.07. The SMILES string of the molecule is CC(C)[C@@H]1OCCC[C@H]1Nc1ccnc(N2CCO[C@@H](Cn3cccn3)C2)n1. The monoisotopic (exact) mass is 386 g/mol. The zero-order chi connectivity index (χ0) is 19.3. The maximum absolute atomic E-state index is 5.99. The van der Waals surface area contributed by atoms with Crippen LogP contribution in [0.3, 0.4) is 0 Å². The first-order valence-corrected chi connectivity index (χ1v) is 10.2.